The molecule has 1 amide bonds. The molecule has 111 valence electrons. The minimum Gasteiger partial charge on any atom is -0.492 e. The molecule has 21 heavy (non-hydrogen) atoms. The van der Waals surface area contributed by atoms with Crippen LogP contribution in [0.25, 0.3) is 11.1 Å². The molecule has 1 aromatic carbocycles. The van der Waals surface area contributed by atoms with Crippen molar-refractivity contribution in [1.82, 2.24) is 15.5 Å². The Labute approximate surface area is 123 Å². The highest BCUT2D eigenvalue weighted by Gasteiger charge is 2.07. The van der Waals surface area contributed by atoms with Crippen LogP contribution in [0, 0.1) is 13.0 Å². The molecule has 1 heterocycles. The van der Waals surface area contributed by atoms with Gasteiger partial charge < -0.3 is 15.8 Å². The molecule has 6 nitrogen and oxygen atoms in total. The fourth-order valence-corrected chi connectivity index (χ4v) is 1.84. The lowest BCUT2D eigenvalue weighted by Gasteiger charge is -2.10. The molecular formula is C15H19N4O2. The van der Waals surface area contributed by atoms with Crippen molar-refractivity contribution in [1.29, 1.82) is 0 Å². The van der Waals surface area contributed by atoms with Crippen molar-refractivity contribution in [2.75, 3.05) is 13.2 Å². The molecule has 0 aliphatic heterocycles. The first-order chi connectivity index (χ1) is 10.1. The summed E-state index contributed by atoms with van der Waals surface area (Å²) in [5, 5.41) is 9.61. The van der Waals surface area contributed by atoms with Crippen molar-refractivity contribution >= 4 is 5.91 Å². The summed E-state index contributed by atoms with van der Waals surface area (Å²) in [5.74, 6) is 0.510. The van der Waals surface area contributed by atoms with Crippen LogP contribution >= 0.6 is 0 Å². The summed E-state index contributed by atoms with van der Waals surface area (Å²) in [6, 6.07) is 8.08. The molecule has 1 aromatic heterocycles. The molecule has 2 aromatic rings. The van der Waals surface area contributed by atoms with Gasteiger partial charge in [0.1, 0.15) is 12.4 Å². The number of nitrogens with two attached hydrogens (primary N) is 1. The third kappa shape index (κ3) is 4.06. The second-order valence-electron chi connectivity index (χ2n) is 4.77. The maximum Gasteiger partial charge on any atom is 0.236 e. The second kappa shape index (κ2) is 6.90. The van der Waals surface area contributed by atoms with Gasteiger partial charge in [0, 0.05) is 11.8 Å². The number of nitrogens with zero attached hydrogens (tertiary/aromatic N) is 1. The van der Waals surface area contributed by atoms with Gasteiger partial charge in [0.25, 0.3) is 0 Å². The van der Waals surface area contributed by atoms with Gasteiger partial charge in [-0.05, 0) is 43.7 Å². The van der Waals surface area contributed by atoms with E-state index in [1.54, 1.807) is 13.0 Å². The molecule has 0 saturated heterocycles. The summed E-state index contributed by atoms with van der Waals surface area (Å²) in [5.41, 5.74) is 8.37. The van der Waals surface area contributed by atoms with Gasteiger partial charge in [-0.15, -0.1) is 0 Å². The van der Waals surface area contributed by atoms with Crippen LogP contribution < -0.4 is 15.8 Å². The predicted molar refractivity (Wildman–Crippen MR) is 79.8 cm³/mol. The first-order valence-corrected chi connectivity index (χ1v) is 6.76. The quantitative estimate of drug-likeness (QED) is 0.692. The number of benzene rings is 1. The molecule has 0 aliphatic carbocycles. The van der Waals surface area contributed by atoms with E-state index in [0.717, 1.165) is 16.8 Å². The Bertz CT molecular complexity index is 607. The van der Waals surface area contributed by atoms with Gasteiger partial charge in [0.15, 0.2) is 0 Å². The number of H-pyrrole nitrogens is 1. The van der Waals surface area contributed by atoms with Crippen LogP contribution in [0.2, 0.25) is 0 Å². The molecular weight excluding hydrogens is 268 g/mol. The van der Waals surface area contributed by atoms with E-state index in [1.807, 2.05) is 25.3 Å². The summed E-state index contributed by atoms with van der Waals surface area (Å²) < 4.78 is 5.60. The zero-order valence-electron chi connectivity index (χ0n) is 12.1. The van der Waals surface area contributed by atoms with Crippen LogP contribution in [0.4, 0.5) is 0 Å². The Hall–Kier alpha value is -2.34. The maximum absolute atomic E-state index is 11.3. The number of aromatic amines is 1. The Morgan fingerprint density at radius 2 is 2.38 bits per heavy atom. The van der Waals surface area contributed by atoms with Crippen molar-refractivity contribution in [2.45, 2.75) is 19.9 Å². The largest absolute Gasteiger partial charge is 0.492 e. The van der Waals surface area contributed by atoms with E-state index >= 15 is 0 Å². The number of aromatic nitrogens is 2. The SMILES string of the molecule is Cc1n[nH]cc1-c1c[c]cc(OCCNC(=O)[C@H](C)N)c1. The van der Waals surface area contributed by atoms with E-state index < -0.39 is 6.04 Å². The Morgan fingerprint density at radius 1 is 1.57 bits per heavy atom. The number of rotatable bonds is 6. The second-order valence-corrected chi connectivity index (χ2v) is 4.77. The average Bonchev–Trinajstić information content (AvgIpc) is 2.89. The van der Waals surface area contributed by atoms with E-state index in [9.17, 15) is 4.79 Å². The van der Waals surface area contributed by atoms with Crippen LogP contribution in [-0.4, -0.2) is 35.3 Å². The standard InChI is InChI=1S/C15H19N4O2/c1-10(16)15(20)17-6-7-21-13-5-3-4-12(8-13)14-9-18-19-11(14)2/h4-5,8-10H,6-7,16H2,1-2H3,(H,17,20)(H,18,19)/t10-/m0/s1. The van der Waals surface area contributed by atoms with Crippen molar-refractivity contribution in [3.05, 3.63) is 36.2 Å². The minimum absolute atomic E-state index is 0.187. The lowest BCUT2D eigenvalue weighted by Crippen LogP contribution is -2.40. The van der Waals surface area contributed by atoms with E-state index in [4.69, 9.17) is 10.5 Å². The molecule has 0 saturated carbocycles. The van der Waals surface area contributed by atoms with E-state index in [0.29, 0.717) is 18.9 Å². The monoisotopic (exact) mass is 287 g/mol. The molecule has 0 spiro atoms. The highest BCUT2D eigenvalue weighted by atomic mass is 16.5. The Kier molecular flexibility index (Phi) is 4.94. The number of amides is 1. The topological polar surface area (TPSA) is 93.0 Å². The molecule has 4 N–H and O–H groups in total. The summed E-state index contributed by atoms with van der Waals surface area (Å²) in [7, 11) is 0. The third-order valence-corrected chi connectivity index (χ3v) is 2.99. The molecule has 6 heteroatoms. The molecule has 0 unspecified atom stereocenters. The molecule has 2 rings (SSSR count). The zero-order valence-corrected chi connectivity index (χ0v) is 12.1. The van der Waals surface area contributed by atoms with Crippen LogP contribution in [0.1, 0.15) is 12.6 Å². The van der Waals surface area contributed by atoms with Crippen LogP contribution in [0.5, 0.6) is 5.75 Å². The smallest absolute Gasteiger partial charge is 0.236 e. The van der Waals surface area contributed by atoms with Gasteiger partial charge in [-0.25, -0.2) is 0 Å². The lowest BCUT2D eigenvalue weighted by molar-refractivity contribution is -0.122. The Balaban J connectivity index is 1.90. The summed E-state index contributed by atoms with van der Waals surface area (Å²) in [6.07, 6.45) is 1.84. The number of hydrogen-bond acceptors (Lipinski definition) is 4. The van der Waals surface area contributed by atoms with Crippen LogP contribution in [0.3, 0.4) is 0 Å². The molecule has 1 atom stereocenters. The van der Waals surface area contributed by atoms with E-state index in [1.165, 1.54) is 0 Å². The average molecular weight is 287 g/mol. The summed E-state index contributed by atoms with van der Waals surface area (Å²) >= 11 is 0. The van der Waals surface area contributed by atoms with E-state index in [2.05, 4.69) is 21.6 Å². The fourth-order valence-electron chi connectivity index (χ4n) is 1.84. The molecule has 0 aliphatic rings. The van der Waals surface area contributed by atoms with Gasteiger partial charge in [-0.2, -0.15) is 5.10 Å². The van der Waals surface area contributed by atoms with Crippen molar-refractivity contribution in [3.63, 3.8) is 0 Å². The van der Waals surface area contributed by atoms with Crippen molar-refractivity contribution < 1.29 is 9.53 Å². The highest BCUT2D eigenvalue weighted by molar-refractivity contribution is 5.80. The Morgan fingerprint density at radius 3 is 3.05 bits per heavy atom. The van der Waals surface area contributed by atoms with Crippen molar-refractivity contribution in [2.24, 2.45) is 5.73 Å². The minimum atomic E-state index is -0.509. The summed E-state index contributed by atoms with van der Waals surface area (Å²) in [6.45, 7) is 4.36. The fraction of sp³-hybridized carbons (Fsp3) is 0.333. The predicted octanol–water partition coefficient (Wildman–Crippen LogP) is 1.03. The summed E-state index contributed by atoms with van der Waals surface area (Å²) in [4.78, 5) is 11.3. The van der Waals surface area contributed by atoms with Crippen LogP contribution in [-0.2, 0) is 4.79 Å². The van der Waals surface area contributed by atoms with Crippen LogP contribution in [0.15, 0.2) is 24.4 Å². The van der Waals surface area contributed by atoms with Crippen molar-refractivity contribution in [3.8, 4) is 16.9 Å². The number of carbonyl (C=O) groups excluding carboxylic acids is 1. The number of carbonyl (C=O) groups is 1. The first kappa shape index (κ1) is 15.1. The number of aryl methyl sites for hydroxylation is 1. The van der Waals surface area contributed by atoms with E-state index in [-0.39, 0.29) is 5.91 Å². The van der Waals surface area contributed by atoms with Gasteiger partial charge in [0.05, 0.1) is 18.3 Å². The first-order valence-electron chi connectivity index (χ1n) is 6.76. The number of hydrogen-bond donors (Lipinski definition) is 3. The molecule has 0 fully saturated rings. The highest BCUT2D eigenvalue weighted by Crippen LogP contribution is 2.24. The number of nitrogens with one attached hydrogen (secondary N) is 2. The van der Waals surface area contributed by atoms with Gasteiger partial charge in [-0.3, -0.25) is 9.89 Å². The number of ether oxygens (including phenoxy) is 1. The van der Waals surface area contributed by atoms with Gasteiger partial charge in [0.2, 0.25) is 5.91 Å². The zero-order chi connectivity index (χ0) is 15.2. The van der Waals surface area contributed by atoms with Gasteiger partial charge >= 0.3 is 0 Å². The molecule has 0 bridgehead atoms. The molecule has 1 radical (unpaired) electrons. The normalized spacial score (nSPS) is 12.0. The maximum atomic E-state index is 11.3. The van der Waals surface area contributed by atoms with Gasteiger partial charge in [-0.1, -0.05) is 0 Å². The lowest BCUT2D eigenvalue weighted by atomic mass is 10.1. The third-order valence-electron chi connectivity index (χ3n) is 2.99.